The zero-order chi connectivity index (χ0) is 11.8. The minimum atomic E-state index is 0.233. The molecule has 2 nitrogen and oxygen atoms in total. The molecule has 0 fully saturated rings. The van der Waals surface area contributed by atoms with Crippen molar-refractivity contribution in [1.29, 1.82) is 0 Å². The fourth-order valence-electron chi connectivity index (χ4n) is 1.60. The molecule has 0 aliphatic heterocycles. The first-order valence-corrected chi connectivity index (χ1v) is 6.94. The number of hydrogen-bond donors (Lipinski definition) is 0. The smallest absolute Gasteiger partial charge is 0.282 e. The van der Waals surface area contributed by atoms with E-state index >= 15 is 0 Å². The Hall–Kier alpha value is -0.180. The normalized spacial score (nSPS) is 11.1. The van der Waals surface area contributed by atoms with Crippen molar-refractivity contribution in [1.82, 2.24) is 4.90 Å². The van der Waals surface area contributed by atoms with E-state index in [1.807, 2.05) is 4.90 Å². The SMILES string of the molecule is CCCCCSC(=O)N(C(C)C)C(C)C. The molecule has 0 aliphatic carbocycles. The lowest BCUT2D eigenvalue weighted by Crippen LogP contribution is -2.39. The lowest BCUT2D eigenvalue weighted by molar-refractivity contribution is 0.190. The predicted molar refractivity (Wildman–Crippen MR) is 69.5 cm³/mol. The molecule has 0 saturated carbocycles. The van der Waals surface area contributed by atoms with Gasteiger partial charge in [-0.05, 0) is 34.1 Å². The first-order chi connectivity index (χ1) is 7.00. The predicted octanol–water partition coefficient (Wildman–Crippen LogP) is 4.15. The molecular weight excluding hydrogens is 206 g/mol. The van der Waals surface area contributed by atoms with Crippen LogP contribution in [0.3, 0.4) is 0 Å². The van der Waals surface area contributed by atoms with Crippen LogP contribution in [0.4, 0.5) is 4.79 Å². The van der Waals surface area contributed by atoms with Gasteiger partial charge in [0.2, 0.25) is 0 Å². The van der Waals surface area contributed by atoms with Gasteiger partial charge in [-0.25, -0.2) is 0 Å². The van der Waals surface area contributed by atoms with E-state index in [2.05, 4.69) is 34.6 Å². The van der Waals surface area contributed by atoms with Crippen molar-refractivity contribution >= 4 is 17.0 Å². The third kappa shape index (κ3) is 6.08. The first-order valence-electron chi connectivity index (χ1n) is 5.95. The lowest BCUT2D eigenvalue weighted by atomic mass is 10.2. The minimum Gasteiger partial charge on any atom is -0.329 e. The summed E-state index contributed by atoms with van der Waals surface area (Å²) in [5.74, 6) is 0.961. The zero-order valence-electron chi connectivity index (χ0n) is 10.7. The van der Waals surface area contributed by atoms with Crippen molar-refractivity contribution in [2.75, 3.05) is 5.75 Å². The Kier molecular flexibility index (Phi) is 7.93. The maximum absolute atomic E-state index is 11.9. The molecule has 15 heavy (non-hydrogen) atoms. The number of carbonyl (C=O) groups excluding carboxylic acids is 1. The fourth-order valence-corrected chi connectivity index (χ4v) is 2.70. The Morgan fingerprint density at radius 3 is 2.07 bits per heavy atom. The molecule has 0 saturated heterocycles. The Morgan fingerprint density at radius 2 is 1.67 bits per heavy atom. The van der Waals surface area contributed by atoms with Crippen LogP contribution in [-0.2, 0) is 0 Å². The summed E-state index contributed by atoms with van der Waals surface area (Å²) in [4.78, 5) is 13.8. The highest BCUT2D eigenvalue weighted by Crippen LogP contribution is 2.16. The van der Waals surface area contributed by atoms with Crippen LogP contribution in [0.5, 0.6) is 0 Å². The molecule has 0 spiro atoms. The molecular formula is C12H25NOS. The molecule has 0 radical (unpaired) electrons. The fraction of sp³-hybridized carbons (Fsp3) is 0.917. The van der Waals surface area contributed by atoms with Crippen LogP contribution < -0.4 is 0 Å². The van der Waals surface area contributed by atoms with Crippen LogP contribution in [0.25, 0.3) is 0 Å². The van der Waals surface area contributed by atoms with Gasteiger partial charge < -0.3 is 4.90 Å². The molecule has 0 bridgehead atoms. The summed E-state index contributed by atoms with van der Waals surface area (Å²) in [6, 6.07) is 0.604. The number of carbonyl (C=O) groups is 1. The minimum absolute atomic E-state index is 0.233. The van der Waals surface area contributed by atoms with Gasteiger partial charge in [-0.15, -0.1) is 0 Å². The van der Waals surface area contributed by atoms with Crippen LogP contribution in [0.15, 0.2) is 0 Å². The van der Waals surface area contributed by atoms with Crippen LogP contribution >= 0.6 is 11.8 Å². The second-order valence-electron chi connectivity index (χ2n) is 4.42. The van der Waals surface area contributed by atoms with E-state index in [9.17, 15) is 4.79 Å². The van der Waals surface area contributed by atoms with Crippen molar-refractivity contribution in [3.8, 4) is 0 Å². The van der Waals surface area contributed by atoms with Crippen molar-refractivity contribution in [2.24, 2.45) is 0 Å². The molecule has 0 N–H and O–H groups in total. The number of thioether (sulfide) groups is 1. The van der Waals surface area contributed by atoms with Crippen LogP contribution in [-0.4, -0.2) is 28.0 Å². The average Bonchev–Trinajstić information content (AvgIpc) is 2.11. The van der Waals surface area contributed by atoms with Crippen LogP contribution in [0.1, 0.15) is 53.9 Å². The number of nitrogens with zero attached hydrogens (tertiary/aromatic N) is 1. The molecule has 0 rings (SSSR count). The van der Waals surface area contributed by atoms with Gasteiger partial charge in [0.1, 0.15) is 0 Å². The van der Waals surface area contributed by atoms with E-state index in [1.165, 1.54) is 24.6 Å². The molecule has 0 heterocycles. The van der Waals surface area contributed by atoms with Gasteiger partial charge in [0.15, 0.2) is 0 Å². The van der Waals surface area contributed by atoms with Gasteiger partial charge in [0.05, 0.1) is 0 Å². The summed E-state index contributed by atoms with van der Waals surface area (Å²) in [6.07, 6.45) is 3.59. The maximum Gasteiger partial charge on any atom is 0.282 e. The summed E-state index contributed by atoms with van der Waals surface area (Å²) in [5.41, 5.74) is 0. The Balaban J connectivity index is 3.93. The highest BCUT2D eigenvalue weighted by Gasteiger charge is 2.19. The summed E-state index contributed by atoms with van der Waals surface area (Å²) in [5, 5.41) is 0.233. The average molecular weight is 231 g/mol. The van der Waals surface area contributed by atoms with E-state index in [0.717, 1.165) is 12.2 Å². The highest BCUT2D eigenvalue weighted by atomic mass is 32.2. The summed E-state index contributed by atoms with van der Waals surface area (Å²) in [6.45, 7) is 10.5. The Labute approximate surface area is 98.8 Å². The monoisotopic (exact) mass is 231 g/mol. The first kappa shape index (κ1) is 14.8. The van der Waals surface area contributed by atoms with Gasteiger partial charge in [-0.2, -0.15) is 0 Å². The van der Waals surface area contributed by atoms with Crippen molar-refractivity contribution in [2.45, 2.75) is 66.0 Å². The van der Waals surface area contributed by atoms with Gasteiger partial charge in [0.25, 0.3) is 5.24 Å². The second-order valence-corrected chi connectivity index (χ2v) is 5.46. The van der Waals surface area contributed by atoms with Crippen molar-refractivity contribution < 1.29 is 4.79 Å². The third-order valence-corrected chi connectivity index (χ3v) is 3.25. The molecule has 0 unspecified atom stereocenters. The second kappa shape index (κ2) is 8.03. The van der Waals surface area contributed by atoms with Gasteiger partial charge in [0, 0.05) is 17.8 Å². The molecule has 3 heteroatoms. The van der Waals surface area contributed by atoms with Gasteiger partial charge in [-0.3, -0.25) is 4.79 Å². The van der Waals surface area contributed by atoms with Gasteiger partial charge in [-0.1, -0.05) is 31.5 Å². The lowest BCUT2D eigenvalue weighted by Gasteiger charge is -2.30. The number of amides is 1. The zero-order valence-corrected chi connectivity index (χ0v) is 11.6. The molecule has 0 aromatic carbocycles. The van der Waals surface area contributed by atoms with E-state index in [-0.39, 0.29) is 5.24 Å². The maximum atomic E-state index is 11.9. The highest BCUT2D eigenvalue weighted by molar-refractivity contribution is 8.13. The van der Waals surface area contributed by atoms with E-state index in [0.29, 0.717) is 12.1 Å². The molecule has 0 aliphatic rings. The molecule has 1 amide bonds. The number of rotatable bonds is 6. The Morgan fingerprint density at radius 1 is 1.13 bits per heavy atom. The topological polar surface area (TPSA) is 20.3 Å². The molecule has 0 atom stereocenters. The molecule has 0 aromatic rings. The molecule has 90 valence electrons. The van der Waals surface area contributed by atoms with Crippen molar-refractivity contribution in [3.63, 3.8) is 0 Å². The third-order valence-electron chi connectivity index (χ3n) is 2.30. The number of hydrogen-bond acceptors (Lipinski definition) is 2. The summed E-state index contributed by atoms with van der Waals surface area (Å²) in [7, 11) is 0. The van der Waals surface area contributed by atoms with E-state index < -0.39 is 0 Å². The standard InChI is InChI=1S/C12H25NOS/c1-6-7-8-9-15-12(14)13(10(2)3)11(4)5/h10-11H,6-9H2,1-5H3. The van der Waals surface area contributed by atoms with Crippen molar-refractivity contribution in [3.05, 3.63) is 0 Å². The van der Waals surface area contributed by atoms with Gasteiger partial charge >= 0.3 is 0 Å². The van der Waals surface area contributed by atoms with Crippen LogP contribution in [0.2, 0.25) is 0 Å². The molecule has 0 aromatic heterocycles. The van der Waals surface area contributed by atoms with E-state index in [4.69, 9.17) is 0 Å². The van der Waals surface area contributed by atoms with E-state index in [1.54, 1.807) is 0 Å². The largest absolute Gasteiger partial charge is 0.329 e. The van der Waals surface area contributed by atoms with Crippen LogP contribution in [0, 0.1) is 0 Å². The summed E-state index contributed by atoms with van der Waals surface area (Å²) >= 11 is 1.47. The Bertz CT molecular complexity index is 172. The quantitative estimate of drug-likeness (QED) is 0.640. The summed E-state index contributed by atoms with van der Waals surface area (Å²) < 4.78 is 0. The number of unbranched alkanes of at least 4 members (excludes halogenated alkanes) is 2.